The van der Waals surface area contributed by atoms with Crippen LogP contribution in [0.4, 0.5) is 0 Å². The number of allylic oxidation sites excluding steroid dienone is 1. The van der Waals surface area contributed by atoms with Crippen molar-refractivity contribution in [1.29, 1.82) is 0 Å². The number of para-hydroxylation sites is 1. The molecule has 0 aliphatic carbocycles. The molecule has 0 atom stereocenters. The maximum atomic E-state index is 6.12. The molecule has 0 radical (unpaired) electrons. The van der Waals surface area contributed by atoms with E-state index >= 15 is 0 Å². The van der Waals surface area contributed by atoms with Gasteiger partial charge in [0.25, 0.3) is 0 Å². The third-order valence-electron chi connectivity index (χ3n) is 8.65. The van der Waals surface area contributed by atoms with Crippen LogP contribution in [0.15, 0.2) is 157 Å². The van der Waals surface area contributed by atoms with Crippen molar-refractivity contribution in [1.82, 2.24) is 9.97 Å². The van der Waals surface area contributed by atoms with Gasteiger partial charge in [0.1, 0.15) is 11.3 Å². The summed E-state index contributed by atoms with van der Waals surface area (Å²) in [4.78, 5) is 10.2. The van der Waals surface area contributed by atoms with Crippen molar-refractivity contribution in [2.24, 2.45) is 0 Å². The topological polar surface area (TPSA) is 38.9 Å². The number of furan rings is 1. The smallest absolute Gasteiger partial charge is 0.160 e. The molecule has 0 aliphatic rings. The highest BCUT2D eigenvalue weighted by atomic mass is 16.3. The summed E-state index contributed by atoms with van der Waals surface area (Å²) in [5.74, 6) is 1.50. The number of rotatable bonds is 6. The number of fused-ring (bicyclic) bond motifs is 3. The Morgan fingerprint density at radius 3 is 2.13 bits per heavy atom. The molecule has 6 aromatic carbocycles. The van der Waals surface area contributed by atoms with Gasteiger partial charge < -0.3 is 4.42 Å². The Hall–Kier alpha value is -6.06. The highest BCUT2D eigenvalue weighted by Gasteiger charge is 2.17. The summed E-state index contributed by atoms with van der Waals surface area (Å²) < 4.78 is 6.12. The lowest BCUT2D eigenvalue weighted by molar-refractivity contribution is 0.603. The zero-order chi connectivity index (χ0) is 31.0. The van der Waals surface area contributed by atoms with Crippen LogP contribution in [0.1, 0.15) is 23.8 Å². The van der Waals surface area contributed by atoms with E-state index in [9.17, 15) is 0 Å². The van der Waals surface area contributed by atoms with Crippen LogP contribution in [0.5, 0.6) is 0 Å². The van der Waals surface area contributed by atoms with E-state index in [1.807, 2.05) is 36.4 Å². The minimum atomic E-state index is 0.715. The normalized spacial score (nSPS) is 11.8. The molecule has 0 N–H and O–H groups in total. The quantitative estimate of drug-likeness (QED) is 0.193. The van der Waals surface area contributed by atoms with Crippen molar-refractivity contribution < 1.29 is 4.42 Å². The Balaban J connectivity index is 1.22. The molecule has 8 aromatic rings. The first-order chi connectivity index (χ1) is 22.7. The van der Waals surface area contributed by atoms with Crippen LogP contribution in [0.25, 0.3) is 78.1 Å². The van der Waals surface area contributed by atoms with E-state index in [0.717, 1.165) is 72.3 Å². The molecule has 0 saturated carbocycles. The van der Waals surface area contributed by atoms with Gasteiger partial charge in [0.05, 0.1) is 11.2 Å². The molecule has 0 saturated heterocycles. The van der Waals surface area contributed by atoms with Crippen molar-refractivity contribution in [3.63, 3.8) is 0 Å². The Morgan fingerprint density at radius 1 is 0.609 bits per heavy atom. The molecule has 0 bridgehead atoms. The van der Waals surface area contributed by atoms with Gasteiger partial charge in [-0.2, -0.15) is 0 Å². The third-order valence-corrected chi connectivity index (χ3v) is 8.65. The predicted octanol–water partition coefficient (Wildman–Crippen LogP) is 11.6. The summed E-state index contributed by atoms with van der Waals surface area (Å²) in [6.45, 7) is 6.08. The standard InChI is InChI=1S/C43H30N2O/c1-3-35(41-37-16-10-11-17-40(37)46-39(41)4-2)30-21-18-29(19-22-30)33-24-25-36-38(27-33)44-43(31-13-6-5-7-14-31)45-42(36)34-23-20-28-12-8-9-15-32(28)26-34/h3-27H,2H2,1H3/b35-3-. The molecule has 2 aromatic heterocycles. The predicted molar refractivity (Wildman–Crippen MR) is 192 cm³/mol. The number of hydrogen-bond acceptors (Lipinski definition) is 3. The largest absolute Gasteiger partial charge is 0.456 e. The molecule has 0 amide bonds. The third kappa shape index (κ3) is 4.79. The van der Waals surface area contributed by atoms with E-state index < -0.39 is 0 Å². The Bertz CT molecular complexity index is 2430. The van der Waals surface area contributed by atoms with Gasteiger partial charge >= 0.3 is 0 Å². The monoisotopic (exact) mass is 590 g/mol. The summed E-state index contributed by atoms with van der Waals surface area (Å²) in [5, 5.41) is 4.51. The summed E-state index contributed by atoms with van der Waals surface area (Å²) in [7, 11) is 0. The van der Waals surface area contributed by atoms with E-state index in [4.69, 9.17) is 14.4 Å². The van der Waals surface area contributed by atoms with Crippen molar-refractivity contribution in [3.8, 4) is 33.8 Å². The number of benzene rings is 6. The second kappa shape index (κ2) is 11.5. The molecule has 0 fully saturated rings. The van der Waals surface area contributed by atoms with Gasteiger partial charge in [0.2, 0.25) is 0 Å². The Kier molecular flexibility index (Phi) is 6.85. The number of hydrogen-bond donors (Lipinski definition) is 0. The highest BCUT2D eigenvalue weighted by molar-refractivity contribution is 6.00. The molecule has 0 spiro atoms. The van der Waals surface area contributed by atoms with Gasteiger partial charge in [0, 0.05) is 27.5 Å². The van der Waals surface area contributed by atoms with E-state index in [2.05, 4.69) is 123 Å². The SMILES string of the molecule is C=Cc1oc2ccccc2c1/C(=C\C)c1ccc(-c2ccc3c(-c4ccc5ccccc5c4)nc(-c4ccccc4)nc3c2)cc1. The maximum Gasteiger partial charge on any atom is 0.160 e. The zero-order valence-corrected chi connectivity index (χ0v) is 25.4. The van der Waals surface area contributed by atoms with Gasteiger partial charge in [0.15, 0.2) is 5.82 Å². The molecule has 0 unspecified atom stereocenters. The fourth-order valence-electron chi connectivity index (χ4n) is 6.37. The van der Waals surface area contributed by atoms with Crippen molar-refractivity contribution in [2.45, 2.75) is 6.92 Å². The molecular formula is C43H30N2O. The van der Waals surface area contributed by atoms with Gasteiger partial charge in [-0.05, 0) is 70.3 Å². The van der Waals surface area contributed by atoms with Crippen LogP contribution in [0, 0.1) is 0 Å². The Morgan fingerprint density at radius 2 is 1.33 bits per heavy atom. The summed E-state index contributed by atoms with van der Waals surface area (Å²) >= 11 is 0. The van der Waals surface area contributed by atoms with Crippen LogP contribution in [-0.2, 0) is 0 Å². The molecule has 0 aliphatic heterocycles. The molecule has 218 valence electrons. The fourth-order valence-corrected chi connectivity index (χ4v) is 6.37. The lowest BCUT2D eigenvalue weighted by Gasteiger charge is -2.12. The highest BCUT2D eigenvalue weighted by Crippen LogP contribution is 2.37. The van der Waals surface area contributed by atoms with Gasteiger partial charge in [-0.3, -0.25) is 0 Å². The zero-order valence-electron chi connectivity index (χ0n) is 25.4. The average molecular weight is 591 g/mol. The van der Waals surface area contributed by atoms with Gasteiger partial charge in [-0.15, -0.1) is 0 Å². The second-order valence-electron chi connectivity index (χ2n) is 11.4. The average Bonchev–Trinajstić information content (AvgIpc) is 3.50. The molecule has 8 rings (SSSR count). The minimum Gasteiger partial charge on any atom is -0.456 e. The van der Waals surface area contributed by atoms with Gasteiger partial charge in [-0.1, -0.05) is 128 Å². The lowest BCUT2D eigenvalue weighted by Crippen LogP contribution is -1.96. The van der Waals surface area contributed by atoms with E-state index in [1.165, 1.54) is 10.8 Å². The molecule has 3 nitrogen and oxygen atoms in total. The van der Waals surface area contributed by atoms with Crippen LogP contribution < -0.4 is 0 Å². The first kappa shape index (κ1) is 27.5. The van der Waals surface area contributed by atoms with Crippen molar-refractivity contribution in [3.05, 3.63) is 169 Å². The van der Waals surface area contributed by atoms with E-state index in [-0.39, 0.29) is 0 Å². The van der Waals surface area contributed by atoms with E-state index in [1.54, 1.807) is 6.08 Å². The van der Waals surface area contributed by atoms with Crippen molar-refractivity contribution in [2.75, 3.05) is 0 Å². The first-order valence-corrected chi connectivity index (χ1v) is 15.5. The Labute approximate surface area is 267 Å². The lowest BCUT2D eigenvalue weighted by atomic mass is 9.93. The summed E-state index contributed by atoms with van der Waals surface area (Å²) in [6, 6.07) is 48.5. The minimum absolute atomic E-state index is 0.715. The van der Waals surface area contributed by atoms with Gasteiger partial charge in [-0.25, -0.2) is 9.97 Å². The molecule has 2 heterocycles. The fraction of sp³-hybridized carbons (Fsp3) is 0.0233. The van der Waals surface area contributed by atoms with E-state index in [0.29, 0.717) is 5.82 Å². The number of nitrogens with zero attached hydrogens (tertiary/aromatic N) is 2. The molecule has 46 heavy (non-hydrogen) atoms. The molecular weight excluding hydrogens is 560 g/mol. The second-order valence-corrected chi connectivity index (χ2v) is 11.4. The maximum absolute atomic E-state index is 6.12. The van der Waals surface area contributed by atoms with Crippen LogP contribution >= 0.6 is 0 Å². The summed E-state index contributed by atoms with van der Waals surface area (Å²) in [5.41, 5.74) is 10.3. The van der Waals surface area contributed by atoms with Crippen LogP contribution in [-0.4, -0.2) is 9.97 Å². The molecule has 3 heteroatoms. The first-order valence-electron chi connectivity index (χ1n) is 15.5. The van der Waals surface area contributed by atoms with Crippen LogP contribution in [0.3, 0.4) is 0 Å². The number of aromatic nitrogens is 2. The van der Waals surface area contributed by atoms with Crippen LogP contribution in [0.2, 0.25) is 0 Å². The summed E-state index contributed by atoms with van der Waals surface area (Å²) in [6.07, 6.45) is 3.94. The van der Waals surface area contributed by atoms with Crippen molar-refractivity contribution >= 4 is 44.3 Å².